The maximum absolute atomic E-state index is 12.8. The molecule has 1 aromatic rings. The fraction of sp³-hybridized carbons (Fsp3) is 0.611. The van der Waals surface area contributed by atoms with E-state index in [2.05, 4.69) is 26.1 Å². The number of rotatable bonds is 5. The molecule has 0 saturated carbocycles. The summed E-state index contributed by atoms with van der Waals surface area (Å²) in [6, 6.07) is 7.16. The van der Waals surface area contributed by atoms with Gasteiger partial charge in [-0.2, -0.15) is 4.31 Å². The number of hydrogen-bond donors (Lipinski definition) is 1. The Morgan fingerprint density at radius 3 is 2.12 bits per heavy atom. The van der Waals surface area contributed by atoms with E-state index in [9.17, 15) is 13.2 Å². The molecule has 1 aliphatic heterocycles. The minimum atomic E-state index is -3.48. The molecule has 1 amide bonds. The number of piperazine rings is 1. The Labute approximate surface area is 151 Å². The highest BCUT2D eigenvalue weighted by Gasteiger charge is 2.29. The first-order valence-corrected chi connectivity index (χ1v) is 10.2. The smallest absolute Gasteiger partial charge is 0.243 e. The van der Waals surface area contributed by atoms with Crippen molar-refractivity contribution in [1.82, 2.24) is 14.5 Å². The van der Waals surface area contributed by atoms with Crippen LogP contribution in [0.1, 0.15) is 33.3 Å². The summed E-state index contributed by atoms with van der Waals surface area (Å²) in [7, 11) is -3.48. The summed E-state index contributed by atoms with van der Waals surface area (Å²) < 4.78 is 27.1. The molecule has 1 heterocycles. The van der Waals surface area contributed by atoms with E-state index in [1.807, 2.05) is 24.0 Å². The molecule has 0 radical (unpaired) electrons. The van der Waals surface area contributed by atoms with E-state index < -0.39 is 10.0 Å². The van der Waals surface area contributed by atoms with Gasteiger partial charge < -0.3 is 5.32 Å². The molecule has 1 aliphatic rings. The Kier molecular flexibility index (Phi) is 6.24. The van der Waals surface area contributed by atoms with Crippen LogP contribution in [-0.4, -0.2) is 62.8 Å². The lowest BCUT2D eigenvalue weighted by molar-refractivity contribution is -0.122. The lowest BCUT2D eigenvalue weighted by Crippen LogP contribution is -2.51. The summed E-state index contributed by atoms with van der Waals surface area (Å²) in [6.45, 7) is 11.1. The van der Waals surface area contributed by atoms with E-state index in [1.54, 1.807) is 12.1 Å². The lowest BCUT2D eigenvalue weighted by atomic mass is 9.87. The molecule has 7 heteroatoms. The van der Waals surface area contributed by atoms with Crippen molar-refractivity contribution >= 4 is 15.9 Å². The summed E-state index contributed by atoms with van der Waals surface area (Å²) in [6.07, 6.45) is 0. The molecule has 0 atom stereocenters. The van der Waals surface area contributed by atoms with Crippen molar-refractivity contribution in [2.45, 2.75) is 38.0 Å². The van der Waals surface area contributed by atoms with Crippen LogP contribution in [0, 0.1) is 0 Å². The third kappa shape index (κ3) is 5.03. The molecule has 1 fully saturated rings. The molecular formula is C18H29N3O3S. The largest absolute Gasteiger partial charge is 0.355 e. The fourth-order valence-electron chi connectivity index (χ4n) is 2.86. The van der Waals surface area contributed by atoms with Gasteiger partial charge in [-0.05, 0) is 30.0 Å². The molecule has 25 heavy (non-hydrogen) atoms. The third-order valence-corrected chi connectivity index (χ3v) is 6.34. The second-order valence-electron chi connectivity index (χ2n) is 7.41. The van der Waals surface area contributed by atoms with Gasteiger partial charge in [-0.3, -0.25) is 9.69 Å². The van der Waals surface area contributed by atoms with Gasteiger partial charge in [0, 0.05) is 32.7 Å². The number of nitrogens with one attached hydrogen (secondary N) is 1. The second-order valence-corrected chi connectivity index (χ2v) is 9.35. The van der Waals surface area contributed by atoms with E-state index >= 15 is 0 Å². The van der Waals surface area contributed by atoms with E-state index in [-0.39, 0.29) is 11.3 Å². The van der Waals surface area contributed by atoms with Gasteiger partial charge >= 0.3 is 0 Å². The Balaban J connectivity index is 2.01. The summed E-state index contributed by atoms with van der Waals surface area (Å²) in [5, 5.41) is 2.77. The number of benzene rings is 1. The quantitative estimate of drug-likeness (QED) is 0.855. The van der Waals surface area contributed by atoms with E-state index in [4.69, 9.17) is 0 Å². The highest BCUT2D eigenvalue weighted by Crippen LogP contribution is 2.25. The highest BCUT2D eigenvalue weighted by molar-refractivity contribution is 7.89. The lowest BCUT2D eigenvalue weighted by Gasteiger charge is -2.33. The van der Waals surface area contributed by atoms with Crippen molar-refractivity contribution in [3.8, 4) is 0 Å². The Morgan fingerprint density at radius 2 is 1.64 bits per heavy atom. The summed E-state index contributed by atoms with van der Waals surface area (Å²) in [4.78, 5) is 14.0. The van der Waals surface area contributed by atoms with Gasteiger partial charge in [0.15, 0.2) is 0 Å². The number of hydrogen-bond acceptors (Lipinski definition) is 4. The van der Waals surface area contributed by atoms with Crippen LogP contribution < -0.4 is 5.32 Å². The Morgan fingerprint density at radius 1 is 1.08 bits per heavy atom. The van der Waals surface area contributed by atoms with Crippen LogP contribution in [0.2, 0.25) is 0 Å². The molecule has 0 bridgehead atoms. The predicted octanol–water partition coefficient (Wildman–Crippen LogP) is 1.43. The topological polar surface area (TPSA) is 69.7 Å². The molecule has 1 aromatic carbocycles. The van der Waals surface area contributed by atoms with Crippen molar-refractivity contribution in [2.24, 2.45) is 0 Å². The van der Waals surface area contributed by atoms with E-state index in [1.165, 1.54) is 4.31 Å². The first kappa shape index (κ1) is 19.9. The van der Waals surface area contributed by atoms with Crippen molar-refractivity contribution in [3.63, 3.8) is 0 Å². The fourth-order valence-corrected chi connectivity index (χ4v) is 4.28. The first-order valence-electron chi connectivity index (χ1n) is 8.74. The third-order valence-electron chi connectivity index (χ3n) is 4.43. The van der Waals surface area contributed by atoms with Gasteiger partial charge in [-0.15, -0.1) is 0 Å². The van der Waals surface area contributed by atoms with Gasteiger partial charge in [-0.1, -0.05) is 32.9 Å². The van der Waals surface area contributed by atoms with Gasteiger partial charge in [-0.25, -0.2) is 8.42 Å². The van der Waals surface area contributed by atoms with Crippen molar-refractivity contribution < 1.29 is 13.2 Å². The number of amides is 1. The Bertz CT molecular complexity index is 685. The van der Waals surface area contributed by atoms with Crippen LogP contribution in [-0.2, 0) is 20.2 Å². The molecule has 1 saturated heterocycles. The average Bonchev–Trinajstić information content (AvgIpc) is 2.55. The summed E-state index contributed by atoms with van der Waals surface area (Å²) >= 11 is 0. The molecular weight excluding hydrogens is 338 g/mol. The zero-order valence-electron chi connectivity index (χ0n) is 15.6. The number of carbonyl (C=O) groups excluding carboxylic acids is 1. The van der Waals surface area contributed by atoms with Gasteiger partial charge in [0.1, 0.15) is 0 Å². The van der Waals surface area contributed by atoms with Crippen LogP contribution in [0.25, 0.3) is 0 Å². The Hall–Kier alpha value is -1.44. The molecule has 0 aromatic heterocycles. The molecule has 0 spiro atoms. The molecule has 2 rings (SSSR count). The summed E-state index contributed by atoms with van der Waals surface area (Å²) in [5.74, 6) is -0.0171. The molecule has 6 nitrogen and oxygen atoms in total. The number of carbonyl (C=O) groups is 1. The number of sulfonamides is 1. The van der Waals surface area contributed by atoms with Gasteiger partial charge in [0.2, 0.25) is 15.9 Å². The maximum atomic E-state index is 12.8. The van der Waals surface area contributed by atoms with Crippen LogP contribution in [0.15, 0.2) is 29.2 Å². The molecule has 0 aliphatic carbocycles. The highest BCUT2D eigenvalue weighted by atomic mass is 32.2. The van der Waals surface area contributed by atoms with Crippen LogP contribution in [0.3, 0.4) is 0 Å². The molecule has 1 N–H and O–H groups in total. The van der Waals surface area contributed by atoms with Crippen molar-refractivity contribution in [1.29, 1.82) is 0 Å². The molecule has 0 unspecified atom stereocenters. The number of nitrogens with zero attached hydrogens (tertiary/aromatic N) is 2. The van der Waals surface area contributed by atoms with E-state index in [0.29, 0.717) is 44.2 Å². The van der Waals surface area contributed by atoms with Crippen LogP contribution in [0.4, 0.5) is 0 Å². The standard InChI is InChI=1S/C18H29N3O3S/c1-5-19-17(22)14-20-10-12-21(13-11-20)25(23,24)16-8-6-15(7-9-16)18(2,3)4/h6-9H,5,10-14H2,1-4H3,(H,19,22). The minimum Gasteiger partial charge on any atom is -0.355 e. The molecule has 140 valence electrons. The zero-order valence-corrected chi connectivity index (χ0v) is 16.4. The van der Waals surface area contributed by atoms with E-state index in [0.717, 1.165) is 5.56 Å². The van der Waals surface area contributed by atoms with Crippen molar-refractivity contribution in [3.05, 3.63) is 29.8 Å². The zero-order chi connectivity index (χ0) is 18.7. The number of likely N-dealkylation sites (N-methyl/N-ethyl adjacent to an activating group) is 1. The monoisotopic (exact) mass is 367 g/mol. The maximum Gasteiger partial charge on any atom is 0.243 e. The normalized spacial score (nSPS) is 17.4. The predicted molar refractivity (Wildman–Crippen MR) is 99.0 cm³/mol. The van der Waals surface area contributed by atoms with Gasteiger partial charge in [0.25, 0.3) is 0 Å². The van der Waals surface area contributed by atoms with Crippen LogP contribution in [0.5, 0.6) is 0 Å². The SMILES string of the molecule is CCNC(=O)CN1CCN(S(=O)(=O)c2ccc(C(C)(C)C)cc2)CC1. The van der Waals surface area contributed by atoms with Crippen molar-refractivity contribution in [2.75, 3.05) is 39.3 Å². The average molecular weight is 368 g/mol. The second kappa shape index (κ2) is 7.85. The first-order chi connectivity index (χ1) is 11.6. The summed E-state index contributed by atoms with van der Waals surface area (Å²) in [5.41, 5.74) is 1.10. The minimum absolute atomic E-state index is 0.00696. The van der Waals surface area contributed by atoms with Gasteiger partial charge in [0.05, 0.1) is 11.4 Å². The van der Waals surface area contributed by atoms with Crippen LogP contribution >= 0.6 is 0 Å².